The summed E-state index contributed by atoms with van der Waals surface area (Å²) in [7, 11) is 1.66. The van der Waals surface area contributed by atoms with Gasteiger partial charge in [0, 0.05) is 36.1 Å². The minimum atomic E-state index is -4.42. The molecule has 1 amide bonds. The third kappa shape index (κ3) is 3.76. The lowest BCUT2D eigenvalue weighted by molar-refractivity contribution is -0.137. The average Bonchev–Trinajstić information content (AvgIpc) is 3.33. The van der Waals surface area contributed by atoms with E-state index in [0.29, 0.717) is 33.3 Å². The second-order valence-corrected chi connectivity index (χ2v) is 7.95. The highest BCUT2D eigenvalue weighted by atomic mass is 19.4. The van der Waals surface area contributed by atoms with Crippen LogP contribution in [0.25, 0.3) is 27.8 Å². The second kappa shape index (κ2) is 7.98. The van der Waals surface area contributed by atoms with E-state index in [0.717, 1.165) is 17.7 Å². The van der Waals surface area contributed by atoms with Crippen LogP contribution >= 0.6 is 0 Å². The molecule has 0 unspecified atom stereocenters. The normalized spacial score (nSPS) is 12.9. The number of carbonyl (C=O) groups excluding carboxylic acids is 1. The van der Waals surface area contributed by atoms with Gasteiger partial charge in [-0.1, -0.05) is 0 Å². The van der Waals surface area contributed by atoms with E-state index in [1.807, 2.05) is 19.1 Å². The van der Waals surface area contributed by atoms with E-state index in [1.54, 1.807) is 42.2 Å². The fourth-order valence-corrected chi connectivity index (χ4v) is 3.97. The lowest BCUT2D eigenvalue weighted by Gasteiger charge is -2.14. The zero-order valence-electron chi connectivity index (χ0n) is 18.2. The van der Waals surface area contributed by atoms with Gasteiger partial charge in [-0.3, -0.25) is 14.3 Å². The fourth-order valence-electron chi connectivity index (χ4n) is 3.97. The molecule has 1 N–H and O–H groups in total. The molecule has 34 heavy (non-hydrogen) atoms. The van der Waals surface area contributed by atoms with Gasteiger partial charge in [-0.15, -0.1) is 5.10 Å². The molecule has 0 radical (unpaired) electrons. The largest absolute Gasteiger partial charge is 0.416 e. The third-order valence-electron chi connectivity index (χ3n) is 5.67. The predicted molar refractivity (Wildman–Crippen MR) is 120 cm³/mol. The van der Waals surface area contributed by atoms with Crippen LogP contribution in [0, 0.1) is 0 Å². The summed E-state index contributed by atoms with van der Waals surface area (Å²) < 4.78 is 40.8. The first-order valence-electron chi connectivity index (χ1n) is 10.5. The van der Waals surface area contributed by atoms with Crippen LogP contribution < -0.4 is 5.32 Å². The van der Waals surface area contributed by atoms with Crippen LogP contribution in [0.1, 0.15) is 34.5 Å². The first-order valence-corrected chi connectivity index (χ1v) is 10.5. The van der Waals surface area contributed by atoms with Crippen LogP contribution in [0.15, 0.2) is 67.0 Å². The van der Waals surface area contributed by atoms with Gasteiger partial charge in [-0.05, 0) is 67.1 Å². The highest BCUT2D eigenvalue weighted by Crippen LogP contribution is 2.33. The SMILES string of the molecule is C[C@H](NC(=O)c1ccc2c(c1)c1nn(C)nc1n2-c1ccc(C(F)(F)F)cc1)c1ccncc1. The second-order valence-electron chi connectivity index (χ2n) is 7.95. The lowest BCUT2D eigenvalue weighted by Crippen LogP contribution is -2.26. The third-order valence-corrected chi connectivity index (χ3v) is 5.67. The Hall–Kier alpha value is -4.21. The molecule has 172 valence electrons. The van der Waals surface area contributed by atoms with Gasteiger partial charge < -0.3 is 5.32 Å². The van der Waals surface area contributed by atoms with Crippen LogP contribution in [0.4, 0.5) is 13.2 Å². The van der Waals surface area contributed by atoms with Crippen LogP contribution in [0.5, 0.6) is 0 Å². The highest BCUT2D eigenvalue weighted by molar-refractivity contribution is 6.08. The Morgan fingerprint density at radius 3 is 2.38 bits per heavy atom. The van der Waals surface area contributed by atoms with Gasteiger partial charge in [-0.2, -0.15) is 23.1 Å². The summed E-state index contributed by atoms with van der Waals surface area (Å²) in [6.07, 6.45) is -1.09. The van der Waals surface area contributed by atoms with Crippen LogP contribution in [0.2, 0.25) is 0 Å². The number of hydrogen-bond acceptors (Lipinski definition) is 4. The standard InChI is InChI=1S/C24H19F3N6O/c1-14(15-9-11-28-12-10-15)29-23(34)16-3-8-20-19(13-16)21-22(31-32(2)30-21)33(20)18-6-4-17(5-7-18)24(25,26)27/h3-14H,1-2H3,(H,29,34)/t14-/m0/s1. The highest BCUT2D eigenvalue weighted by Gasteiger charge is 2.30. The molecule has 3 heterocycles. The van der Waals surface area contributed by atoms with Crippen molar-refractivity contribution in [2.45, 2.75) is 19.1 Å². The maximum Gasteiger partial charge on any atom is 0.416 e. The van der Waals surface area contributed by atoms with E-state index in [9.17, 15) is 18.0 Å². The van der Waals surface area contributed by atoms with Crippen LogP contribution in [-0.2, 0) is 13.2 Å². The number of pyridine rings is 1. The number of carbonyl (C=O) groups is 1. The molecule has 0 aliphatic heterocycles. The van der Waals surface area contributed by atoms with E-state index < -0.39 is 11.7 Å². The summed E-state index contributed by atoms with van der Waals surface area (Å²) in [5, 5.41) is 12.5. The first-order chi connectivity index (χ1) is 16.2. The number of halogens is 3. The molecule has 5 rings (SSSR count). The number of amides is 1. The number of rotatable bonds is 4. The molecular weight excluding hydrogens is 445 g/mol. The number of aromatic nitrogens is 5. The summed E-state index contributed by atoms with van der Waals surface area (Å²) >= 11 is 0. The van der Waals surface area contributed by atoms with E-state index in [-0.39, 0.29) is 11.9 Å². The fraction of sp³-hybridized carbons (Fsp3) is 0.167. The number of fused-ring (bicyclic) bond motifs is 3. The Bertz CT molecular complexity index is 1500. The van der Waals surface area contributed by atoms with Crippen LogP contribution in [0.3, 0.4) is 0 Å². The molecule has 0 bridgehead atoms. The molecule has 0 saturated heterocycles. The van der Waals surface area contributed by atoms with Crippen molar-refractivity contribution in [3.05, 3.63) is 83.7 Å². The predicted octanol–water partition coefficient (Wildman–Crippen LogP) is 4.82. The molecule has 5 aromatic rings. The van der Waals surface area contributed by atoms with Gasteiger partial charge in [0.05, 0.1) is 17.1 Å². The molecule has 0 fully saturated rings. The summed E-state index contributed by atoms with van der Waals surface area (Å²) in [4.78, 5) is 18.3. The molecule has 3 aromatic heterocycles. The maximum atomic E-state index is 13.0. The van der Waals surface area contributed by atoms with Crippen molar-refractivity contribution in [3.63, 3.8) is 0 Å². The molecule has 0 aliphatic carbocycles. The van der Waals surface area contributed by atoms with Gasteiger partial charge in [0.2, 0.25) is 0 Å². The zero-order chi connectivity index (χ0) is 24.0. The number of hydrogen-bond donors (Lipinski definition) is 1. The summed E-state index contributed by atoms with van der Waals surface area (Å²) in [6.45, 7) is 1.88. The monoisotopic (exact) mass is 464 g/mol. The minimum absolute atomic E-state index is 0.223. The number of aryl methyl sites for hydroxylation is 1. The quantitative estimate of drug-likeness (QED) is 0.414. The maximum absolute atomic E-state index is 13.0. The Kier molecular flexibility index (Phi) is 5.07. The molecule has 10 heteroatoms. The molecule has 7 nitrogen and oxygen atoms in total. The topological polar surface area (TPSA) is 77.6 Å². The van der Waals surface area contributed by atoms with E-state index in [1.165, 1.54) is 16.9 Å². The van der Waals surface area contributed by atoms with E-state index in [4.69, 9.17) is 0 Å². The van der Waals surface area contributed by atoms with Gasteiger partial charge >= 0.3 is 6.18 Å². The molecular formula is C24H19F3N6O. The lowest BCUT2D eigenvalue weighted by atomic mass is 10.1. The Balaban J connectivity index is 1.56. The molecule has 0 aliphatic rings. The van der Waals surface area contributed by atoms with Gasteiger partial charge in [0.25, 0.3) is 5.91 Å². The Labute approximate surface area is 191 Å². The molecule has 0 saturated carbocycles. The average molecular weight is 464 g/mol. The molecule has 1 atom stereocenters. The van der Waals surface area contributed by atoms with Crippen LogP contribution in [-0.4, -0.2) is 30.5 Å². The Morgan fingerprint density at radius 2 is 1.71 bits per heavy atom. The van der Waals surface area contributed by atoms with E-state index in [2.05, 4.69) is 20.5 Å². The summed E-state index contributed by atoms with van der Waals surface area (Å²) in [5.41, 5.74) is 2.86. The summed E-state index contributed by atoms with van der Waals surface area (Å²) in [6, 6.07) is 13.5. The Morgan fingerprint density at radius 1 is 1.00 bits per heavy atom. The zero-order valence-corrected chi connectivity index (χ0v) is 18.2. The molecule has 0 spiro atoms. The van der Waals surface area contributed by atoms with Crippen molar-refractivity contribution in [2.75, 3.05) is 0 Å². The molecule has 2 aromatic carbocycles. The van der Waals surface area contributed by atoms with Crippen molar-refractivity contribution in [2.24, 2.45) is 7.05 Å². The number of alkyl halides is 3. The number of benzene rings is 2. The smallest absolute Gasteiger partial charge is 0.346 e. The van der Waals surface area contributed by atoms with Gasteiger partial charge in [0.15, 0.2) is 5.65 Å². The van der Waals surface area contributed by atoms with Gasteiger partial charge in [-0.25, -0.2) is 0 Å². The minimum Gasteiger partial charge on any atom is -0.346 e. The van der Waals surface area contributed by atoms with Crippen molar-refractivity contribution < 1.29 is 18.0 Å². The van der Waals surface area contributed by atoms with Crippen molar-refractivity contribution in [3.8, 4) is 5.69 Å². The first kappa shape index (κ1) is 21.6. The van der Waals surface area contributed by atoms with Crippen molar-refractivity contribution >= 4 is 28.0 Å². The van der Waals surface area contributed by atoms with Crippen molar-refractivity contribution in [1.82, 2.24) is 29.9 Å². The number of nitrogens with zero attached hydrogens (tertiary/aromatic N) is 5. The van der Waals surface area contributed by atoms with Gasteiger partial charge in [0.1, 0.15) is 5.52 Å². The number of nitrogens with one attached hydrogen (secondary N) is 1. The summed E-state index contributed by atoms with van der Waals surface area (Å²) in [5.74, 6) is -0.259. The van der Waals surface area contributed by atoms with E-state index >= 15 is 0 Å². The van der Waals surface area contributed by atoms with Crippen molar-refractivity contribution in [1.29, 1.82) is 0 Å².